The molecule has 0 spiro atoms. The molecule has 1 aromatic heterocycles. The van der Waals surface area contributed by atoms with Gasteiger partial charge in [-0.1, -0.05) is 30.3 Å². The number of nitrogens with one attached hydrogen (secondary N) is 1. The van der Waals surface area contributed by atoms with Crippen molar-refractivity contribution < 1.29 is 23.9 Å². The number of hydrogen-bond acceptors (Lipinski definition) is 6. The van der Waals surface area contributed by atoms with Crippen LogP contribution < -0.4 is 5.32 Å². The van der Waals surface area contributed by atoms with Gasteiger partial charge in [-0.05, 0) is 36.6 Å². The lowest BCUT2D eigenvalue weighted by atomic mass is 10.2. The Bertz CT molecular complexity index is 962. The summed E-state index contributed by atoms with van der Waals surface area (Å²) in [7, 11) is 0. The third-order valence-corrected chi connectivity index (χ3v) is 4.75. The second-order valence-corrected chi connectivity index (χ2v) is 6.62. The van der Waals surface area contributed by atoms with Crippen molar-refractivity contribution in [3.05, 3.63) is 65.0 Å². The molecule has 138 valence electrons. The smallest absolute Gasteiger partial charge is 0.348 e. The van der Waals surface area contributed by atoms with Gasteiger partial charge in [-0.25, -0.2) is 9.59 Å². The predicted molar refractivity (Wildman–Crippen MR) is 103 cm³/mol. The van der Waals surface area contributed by atoms with Crippen LogP contribution >= 0.6 is 11.3 Å². The molecule has 0 unspecified atom stereocenters. The molecule has 1 amide bonds. The lowest BCUT2D eigenvalue weighted by Crippen LogP contribution is -2.22. The monoisotopic (exact) mass is 383 g/mol. The van der Waals surface area contributed by atoms with Crippen LogP contribution in [0.4, 0.5) is 5.69 Å². The molecular weight excluding hydrogens is 366 g/mol. The number of para-hydroxylation sites is 1. The van der Waals surface area contributed by atoms with E-state index < -0.39 is 24.5 Å². The quantitative estimate of drug-likeness (QED) is 0.654. The summed E-state index contributed by atoms with van der Waals surface area (Å²) in [6.07, 6.45) is 0. The van der Waals surface area contributed by atoms with Crippen molar-refractivity contribution in [2.75, 3.05) is 18.5 Å². The van der Waals surface area contributed by atoms with E-state index in [9.17, 15) is 14.4 Å². The number of anilines is 1. The normalized spacial score (nSPS) is 10.4. The van der Waals surface area contributed by atoms with Crippen molar-refractivity contribution in [3.63, 3.8) is 0 Å². The molecule has 1 heterocycles. The van der Waals surface area contributed by atoms with E-state index in [0.717, 1.165) is 10.1 Å². The third kappa shape index (κ3) is 4.51. The number of carbonyl (C=O) groups excluding carboxylic acids is 3. The molecule has 0 saturated heterocycles. The van der Waals surface area contributed by atoms with Crippen molar-refractivity contribution >= 4 is 45.0 Å². The Kier molecular flexibility index (Phi) is 5.83. The summed E-state index contributed by atoms with van der Waals surface area (Å²) >= 11 is 1.31. The van der Waals surface area contributed by atoms with Crippen LogP contribution in [-0.4, -0.2) is 31.1 Å². The molecule has 2 aromatic carbocycles. The molecule has 7 heteroatoms. The first kappa shape index (κ1) is 18.6. The van der Waals surface area contributed by atoms with E-state index in [0.29, 0.717) is 10.6 Å². The van der Waals surface area contributed by atoms with Gasteiger partial charge in [0.2, 0.25) is 0 Å². The van der Waals surface area contributed by atoms with Gasteiger partial charge in [-0.3, -0.25) is 4.79 Å². The predicted octanol–water partition coefficient (Wildman–Crippen LogP) is 3.87. The summed E-state index contributed by atoms with van der Waals surface area (Å²) in [5.41, 5.74) is 0.544. The maximum Gasteiger partial charge on any atom is 0.348 e. The Morgan fingerprint density at radius 1 is 0.963 bits per heavy atom. The number of amides is 1. The summed E-state index contributed by atoms with van der Waals surface area (Å²) in [6.45, 7) is 1.48. The minimum atomic E-state index is -0.565. The van der Waals surface area contributed by atoms with Gasteiger partial charge in [0, 0.05) is 4.70 Å². The zero-order chi connectivity index (χ0) is 19.2. The number of ether oxygens (including phenoxy) is 2. The Morgan fingerprint density at radius 3 is 2.48 bits per heavy atom. The molecule has 3 rings (SSSR count). The molecular formula is C20H17NO5S. The molecule has 3 aromatic rings. The molecule has 0 aliphatic rings. The van der Waals surface area contributed by atoms with Crippen LogP contribution in [-0.2, 0) is 14.3 Å². The molecule has 0 aliphatic heterocycles. The average Bonchev–Trinajstić information content (AvgIpc) is 3.11. The molecule has 0 saturated carbocycles. The fourth-order valence-corrected chi connectivity index (χ4v) is 3.41. The van der Waals surface area contributed by atoms with Crippen LogP contribution in [0.2, 0.25) is 0 Å². The zero-order valence-corrected chi connectivity index (χ0v) is 15.4. The van der Waals surface area contributed by atoms with Crippen LogP contribution in [0.5, 0.6) is 0 Å². The largest absolute Gasteiger partial charge is 0.462 e. The Hall–Kier alpha value is -3.19. The molecule has 1 N–H and O–H groups in total. The summed E-state index contributed by atoms with van der Waals surface area (Å²) in [6, 6.07) is 15.8. The number of thiophene rings is 1. The number of fused-ring (bicyclic) bond motifs is 1. The number of rotatable bonds is 6. The highest BCUT2D eigenvalue weighted by Crippen LogP contribution is 2.25. The van der Waals surface area contributed by atoms with Crippen LogP contribution in [0.15, 0.2) is 54.6 Å². The summed E-state index contributed by atoms with van der Waals surface area (Å²) < 4.78 is 11.0. The van der Waals surface area contributed by atoms with Crippen LogP contribution in [0.1, 0.15) is 27.0 Å². The minimum Gasteiger partial charge on any atom is -0.462 e. The number of carbonyl (C=O) groups is 3. The standard InChI is InChI=1S/C20H17NO5S/c1-2-25-19(23)14-8-4-5-9-15(14)21-18(22)12-26-20(24)17-11-13-7-3-6-10-16(13)27-17/h3-11H,2,12H2,1H3,(H,21,22). The lowest BCUT2D eigenvalue weighted by Gasteiger charge is -2.10. The minimum absolute atomic E-state index is 0.230. The highest BCUT2D eigenvalue weighted by atomic mass is 32.1. The van der Waals surface area contributed by atoms with E-state index in [2.05, 4.69) is 5.32 Å². The second kappa shape index (κ2) is 8.46. The number of hydrogen-bond donors (Lipinski definition) is 1. The van der Waals surface area contributed by atoms with Gasteiger partial charge < -0.3 is 14.8 Å². The average molecular weight is 383 g/mol. The first-order chi connectivity index (χ1) is 13.1. The van der Waals surface area contributed by atoms with Crippen molar-refractivity contribution in [1.29, 1.82) is 0 Å². The van der Waals surface area contributed by atoms with Crippen LogP contribution in [0.25, 0.3) is 10.1 Å². The van der Waals surface area contributed by atoms with Gasteiger partial charge in [0.1, 0.15) is 4.88 Å². The Balaban J connectivity index is 1.61. The molecule has 27 heavy (non-hydrogen) atoms. The van der Waals surface area contributed by atoms with E-state index in [4.69, 9.17) is 9.47 Å². The van der Waals surface area contributed by atoms with Gasteiger partial charge in [-0.15, -0.1) is 11.3 Å². The van der Waals surface area contributed by atoms with E-state index in [1.807, 2.05) is 24.3 Å². The van der Waals surface area contributed by atoms with Gasteiger partial charge in [0.25, 0.3) is 5.91 Å². The topological polar surface area (TPSA) is 81.7 Å². The summed E-state index contributed by atoms with van der Waals surface area (Å²) in [4.78, 5) is 36.6. The van der Waals surface area contributed by atoms with Crippen molar-refractivity contribution in [1.82, 2.24) is 0 Å². The number of benzene rings is 2. The van der Waals surface area contributed by atoms with E-state index in [-0.39, 0.29) is 12.2 Å². The van der Waals surface area contributed by atoms with Crippen LogP contribution in [0, 0.1) is 0 Å². The molecule has 0 fully saturated rings. The van der Waals surface area contributed by atoms with Crippen molar-refractivity contribution in [2.24, 2.45) is 0 Å². The van der Waals surface area contributed by atoms with Gasteiger partial charge >= 0.3 is 11.9 Å². The van der Waals surface area contributed by atoms with Crippen molar-refractivity contribution in [3.8, 4) is 0 Å². The number of esters is 2. The van der Waals surface area contributed by atoms with E-state index >= 15 is 0 Å². The first-order valence-corrected chi connectivity index (χ1v) is 9.12. The second-order valence-electron chi connectivity index (χ2n) is 5.54. The van der Waals surface area contributed by atoms with Gasteiger partial charge in [0.05, 0.1) is 17.9 Å². The van der Waals surface area contributed by atoms with Crippen LogP contribution in [0.3, 0.4) is 0 Å². The Labute approximate surface area is 159 Å². The molecule has 0 aliphatic carbocycles. The molecule has 0 bridgehead atoms. The third-order valence-electron chi connectivity index (χ3n) is 3.66. The highest BCUT2D eigenvalue weighted by molar-refractivity contribution is 7.20. The summed E-state index contributed by atoms with van der Waals surface area (Å²) in [5, 5.41) is 3.52. The fourth-order valence-electron chi connectivity index (χ4n) is 2.45. The van der Waals surface area contributed by atoms with Gasteiger partial charge in [-0.2, -0.15) is 0 Å². The first-order valence-electron chi connectivity index (χ1n) is 8.30. The molecule has 6 nitrogen and oxygen atoms in total. The molecule has 0 radical (unpaired) electrons. The highest BCUT2D eigenvalue weighted by Gasteiger charge is 2.16. The Morgan fingerprint density at radius 2 is 1.70 bits per heavy atom. The van der Waals surface area contributed by atoms with Gasteiger partial charge in [0.15, 0.2) is 6.61 Å². The lowest BCUT2D eigenvalue weighted by molar-refractivity contribution is -0.119. The van der Waals surface area contributed by atoms with Crippen molar-refractivity contribution in [2.45, 2.75) is 6.92 Å². The summed E-state index contributed by atoms with van der Waals surface area (Å²) in [5.74, 6) is -1.64. The fraction of sp³-hybridized carbons (Fsp3) is 0.150. The maximum atomic E-state index is 12.2. The maximum absolute atomic E-state index is 12.2. The van der Waals surface area contributed by atoms with E-state index in [1.165, 1.54) is 11.3 Å². The van der Waals surface area contributed by atoms with E-state index in [1.54, 1.807) is 37.3 Å². The zero-order valence-electron chi connectivity index (χ0n) is 14.6. The SMILES string of the molecule is CCOC(=O)c1ccccc1NC(=O)COC(=O)c1cc2ccccc2s1. The molecule has 0 atom stereocenters.